The van der Waals surface area contributed by atoms with E-state index in [4.69, 9.17) is 22.1 Å². The summed E-state index contributed by atoms with van der Waals surface area (Å²) in [6.45, 7) is 1.93. The van der Waals surface area contributed by atoms with E-state index < -0.39 is 0 Å². The molecule has 1 aromatic carbocycles. The molecule has 3 aromatic rings. The van der Waals surface area contributed by atoms with Gasteiger partial charge in [-0.2, -0.15) is 0 Å². The van der Waals surface area contributed by atoms with E-state index in [2.05, 4.69) is 15.0 Å². The van der Waals surface area contributed by atoms with Crippen LogP contribution in [0.1, 0.15) is 5.69 Å². The molecule has 0 atom stereocenters. The van der Waals surface area contributed by atoms with E-state index in [0.29, 0.717) is 27.9 Å². The van der Waals surface area contributed by atoms with Crippen LogP contribution in [0.5, 0.6) is 5.75 Å². The Morgan fingerprint density at radius 1 is 1.25 bits per heavy atom. The summed E-state index contributed by atoms with van der Waals surface area (Å²) in [5, 5.41) is 0.463. The molecule has 0 spiro atoms. The summed E-state index contributed by atoms with van der Waals surface area (Å²) in [4.78, 5) is 12.1. The molecule has 5 nitrogen and oxygen atoms in total. The van der Waals surface area contributed by atoms with Crippen molar-refractivity contribution in [2.24, 2.45) is 0 Å². The van der Waals surface area contributed by atoms with Gasteiger partial charge in [-0.3, -0.25) is 0 Å². The second-order valence-electron chi connectivity index (χ2n) is 4.48. The van der Waals surface area contributed by atoms with Gasteiger partial charge in [-0.15, -0.1) is 0 Å². The van der Waals surface area contributed by atoms with Crippen LogP contribution in [0.25, 0.3) is 22.6 Å². The predicted molar refractivity (Wildman–Crippen MR) is 80.0 cm³/mol. The van der Waals surface area contributed by atoms with Gasteiger partial charge in [0, 0.05) is 11.8 Å². The minimum absolute atomic E-state index is 0.463. The molecule has 20 heavy (non-hydrogen) atoms. The fourth-order valence-corrected chi connectivity index (χ4v) is 2.20. The van der Waals surface area contributed by atoms with Crippen LogP contribution < -0.4 is 10.5 Å². The summed E-state index contributed by atoms with van der Waals surface area (Å²) in [7, 11) is 1.58. The second kappa shape index (κ2) is 4.68. The fraction of sp³-hybridized carbons (Fsp3) is 0.143. The number of halogens is 1. The number of pyridine rings is 1. The van der Waals surface area contributed by atoms with Gasteiger partial charge in [-0.05, 0) is 25.1 Å². The van der Waals surface area contributed by atoms with E-state index in [1.165, 1.54) is 0 Å². The highest BCUT2D eigenvalue weighted by molar-refractivity contribution is 6.33. The molecule has 3 rings (SSSR count). The first-order valence-corrected chi connectivity index (χ1v) is 6.43. The molecule has 0 unspecified atom stereocenters. The molecule has 2 heterocycles. The molecule has 102 valence electrons. The minimum atomic E-state index is 0.463. The number of hydrogen-bond donors (Lipinski definition) is 2. The molecular weight excluding hydrogens is 276 g/mol. The molecule has 0 radical (unpaired) electrons. The summed E-state index contributed by atoms with van der Waals surface area (Å²) < 4.78 is 5.34. The van der Waals surface area contributed by atoms with Crippen molar-refractivity contribution in [3.8, 4) is 17.1 Å². The standard InChI is InChI=1S/C14H13ClN4O/c1-7-3-4-11-14(17-7)19-13(18-11)8-5-9(15)10(16)6-12(8)20-2/h3-6H,16H2,1-2H3,(H,17,18,19). The molecule has 0 amide bonds. The molecule has 0 aliphatic heterocycles. The first kappa shape index (κ1) is 12.7. The third-order valence-corrected chi connectivity index (χ3v) is 3.39. The van der Waals surface area contributed by atoms with Crippen molar-refractivity contribution in [3.63, 3.8) is 0 Å². The lowest BCUT2D eigenvalue weighted by Gasteiger charge is -2.08. The Labute approximate surface area is 120 Å². The molecule has 0 bridgehead atoms. The lowest BCUT2D eigenvalue weighted by atomic mass is 10.1. The number of anilines is 1. The molecular formula is C14H13ClN4O. The Hall–Kier alpha value is -2.27. The van der Waals surface area contributed by atoms with E-state index in [1.807, 2.05) is 19.1 Å². The van der Waals surface area contributed by atoms with Crippen LogP contribution in [0.4, 0.5) is 5.69 Å². The number of aromatic nitrogens is 3. The quantitative estimate of drug-likeness (QED) is 0.710. The highest BCUT2D eigenvalue weighted by atomic mass is 35.5. The predicted octanol–water partition coefficient (Wildman–Crippen LogP) is 3.18. The number of nitrogen functional groups attached to an aromatic ring is 1. The van der Waals surface area contributed by atoms with Gasteiger partial charge in [-0.25, -0.2) is 9.97 Å². The van der Waals surface area contributed by atoms with Crippen molar-refractivity contribution in [1.29, 1.82) is 0 Å². The minimum Gasteiger partial charge on any atom is -0.496 e. The lowest BCUT2D eigenvalue weighted by molar-refractivity contribution is 0.416. The average molecular weight is 289 g/mol. The SMILES string of the molecule is COc1cc(N)c(Cl)cc1-c1nc2nc(C)ccc2[nH]1. The maximum absolute atomic E-state index is 6.08. The zero-order valence-electron chi connectivity index (χ0n) is 11.1. The summed E-state index contributed by atoms with van der Waals surface area (Å²) in [5.41, 5.74) is 9.44. The first-order chi connectivity index (χ1) is 9.58. The molecule has 0 aliphatic rings. The van der Waals surface area contributed by atoms with Gasteiger partial charge in [0.1, 0.15) is 11.6 Å². The monoisotopic (exact) mass is 288 g/mol. The number of fused-ring (bicyclic) bond motifs is 1. The van der Waals surface area contributed by atoms with Crippen molar-refractivity contribution < 1.29 is 4.74 Å². The number of nitrogens with one attached hydrogen (secondary N) is 1. The normalized spacial score (nSPS) is 10.9. The van der Waals surface area contributed by atoms with E-state index in [9.17, 15) is 0 Å². The van der Waals surface area contributed by atoms with Crippen molar-refractivity contribution in [3.05, 3.63) is 35.0 Å². The maximum atomic E-state index is 6.08. The number of aromatic amines is 1. The Kier molecular flexibility index (Phi) is 2.99. The number of ether oxygens (including phenoxy) is 1. The largest absolute Gasteiger partial charge is 0.496 e. The van der Waals surface area contributed by atoms with Gasteiger partial charge in [0.15, 0.2) is 5.65 Å². The van der Waals surface area contributed by atoms with Crippen LogP contribution >= 0.6 is 11.6 Å². The van der Waals surface area contributed by atoms with Crippen LogP contribution in [-0.4, -0.2) is 22.1 Å². The third-order valence-electron chi connectivity index (χ3n) is 3.06. The van der Waals surface area contributed by atoms with Crippen LogP contribution in [0.3, 0.4) is 0 Å². The molecule has 0 saturated heterocycles. The Bertz CT molecular complexity index is 797. The van der Waals surface area contributed by atoms with Crippen molar-refractivity contribution >= 4 is 28.5 Å². The van der Waals surface area contributed by atoms with Crippen LogP contribution in [0.15, 0.2) is 24.3 Å². The Balaban J connectivity index is 2.22. The number of benzene rings is 1. The molecule has 2 aromatic heterocycles. The third kappa shape index (κ3) is 2.06. The number of rotatable bonds is 2. The summed E-state index contributed by atoms with van der Waals surface area (Å²) in [5.74, 6) is 1.26. The van der Waals surface area contributed by atoms with Gasteiger partial charge < -0.3 is 15.5 Å². The summed E-state index contributed by atoms with van der Waals surface area (Å²) in [6, 6.07) is 7.29. The van der Waals surface area contributed by atoms with E-state index in [-0.39, 0.29) is 0 Å². The number of imidazole rings is 1. The van der Waals surface area contributed by atoms with Gasteiger partial charge in [-0.1, -0.05) is 11.6 Å². The first-order valence-electron chi connectivity index (χ1n) is 6.05. The van der Waals surface area contributed by atoms with Crippen LogP contribution in [0.2, 0.25) is 5.02 Å². The van der Waals surface area contributed by atoms with E-state index in [1.54, 1.807) is 19.2 Å². The Morgan fingerprint density at radius 2 is 2.05 bits per heavy atom. The van der Waals surface area contributed by atoms with E-state index in [0.717, 1.165) is 16.8 Å². The molecule has 0 fully saturated rings. The van der Waals surface area contributed by atoms with Gasteiger partial charge in [0.2, 0.25) is 0 Å². The lowest BCUT2D eigenvalue weighted by Crippen LogP contribution is -1.93. The van der Waals surface area contributed by atoms with Crippen molar-refractivity contribution in [2.75, 3.05) is 12.8 Å². The molecule has 3 N–H and O–H groups in total. The molecule has 0 saturated carbocycles. The maximum Gasteiger partial charge on any atom is 0.178 e. The van der Waals surface area contributed by atoms with Crippen molar-refractivity contribution in [1.82, 2.24) is 15.0 Å². The van der Waals surface area contributed by atoms with Gasteiger partial charge in [0.05, 0.1) is 28.9 Å². The van der Waals surface area contributed by atoms with E-state index >= 15 is 0 Å². The highest BCUT2D eigenvalue weighted by Gasteiger charge is 2.14. The second-order valence-corrected chi connectivity index (χ2v) is 4.89. The summed E-state index contributed by atoms with van der Waals surface area (Å²) in [6.07, 6.45) is 0. The average Bonchev–Trinajstić information content (AvgIpc) is 2.84. The number of aryl methyl sites for hydroxylation is 1. The zero-order chi connectivity index (χ0) is 14.3. The van der Waals surface area contributed by atoms with Gasteiger partial charge >= 0.3 is 0 Å². The number of hydrogen-bond acceptors (Lipinski definition) is 4. The van der Waals surface area contributed by atoms with Crippen LogP contribution in [-0.2, 0) is 0 Å². The highest BCUT2D eigenvalue weighted by Crippen LogP contribution is 2.35. The van der Waals surface area contributed by atoms with Crippen molar-refractivity contribution in [2.45, 2.75) is 6.92 Å². The Morgan fingerprint density at radius 3 is 2.80 bits per heavy atom. The summed E-state index contributed by atoms with van der Waals surface area (Å²) >= 11 is 6.08. The van der Waals surface area contributed by atoms with Gasteiger partial charge in [0.25, 0.3) is 0 Å². The zero-order valence-corrected chi connectivity index (χ0v) is 11.8. The molecule has 0 aliphatic carbocycles. The fourth-order valence-electron chi connectivity index (χ4n) is 2.04. The topological polar surface area (TPSA) is 76.8 Å². The number of H-pyrrole nitrogens is 1. The van der Waals surface area contributed by atoms with Crippen LogP contribution in [0, 0.1) is 6.92 Å². The number of nitrogens with zero attached hydrogens (tertiary/aromatic N) is 2. The smallest absolute Gasteiger partial charge is 0.178 e. The number of methoxy groups -OCH3 is 1. The number of nitrogens with two attached hydrogens (primary N) is 1. The molecule has 6 heteroatoms.